The number of fused-ring (bicyclic) bond motifs is 1. The second-order valence-corrected chi connectivity index (χ2v) is 6.28. The Kier molecular flexibility index (Phi) is 2.63. The van der Waals surface area contributed by atoms with E-state index < -0.39 is 27.4 Å². The third kappa shape index (κ3) is 1.79. The lowest BCUT2D eigenvalue weighted by molar-refractivity contribution is -0.136. The molecule has 2 rings (SSSR count). The van der Waals surface area contributed by atoms with Crippen LogP contribution in [-0.4, -0.2) is 26.6 Å². The lowest BCUT2D eigenvalue weighted by atomic mass is 10.3. The molecule has 1 aliphatic rings. The fourth-order valence-corrected chi connectivity index (χ4v) is 4.06. The van der Waals surface area contributed by atoms with E-state index in [1.807, 2.05) is 4.72 Å². The van der Waals surface area contributed by atoms with Crippen LogP contribution >= 0.6 is 11.3 Å². The van der Waals surface area contributed by atoms with Crippen LogP contribution in [0.5, 0.6) is 0 Å². The molecule has 0 spiro atoms. The zero-order valence-corrected chi connectivity index (χ0v) is 10.6. The zero-order valence-electron chi connectivity index (χ0n) is 8.97. The normalized spacial score (nSPS) is 17.3. The van der Waals surface area contributed by atoms with Gasteiger partial charge in [0.15, 0.2) is 11.5 Å². The fraction of sp³-hybridized carbons (Fsp3) is 0.222. The molecular weight excluding hydrogens is 266 g/mol. The van der Waals surface area contributed by atoms with Crippen LogP contribution in [0.25, 0.3) is 5.76 Å². The largest absolute Gasteiger partial charge is 0.504 e. The topological polar surface area (TPSA) is 92.7 Å². The van der Waals surface area contributed by atoms with Gasteiger partial charge in [0.25, 0.3) is 10.0 Å². The monoisotopic (exact) mass is 275 g/mol. The lowest BCUT2D eigenvalue weighted by Crippen LogP contribution is -2.32. The van der Waals surface area contributed by atoms with Gasteiger partial charge in [0.1, 0.15) is 4.90 Å². The molecular formula is C9H9NO5S2. The molecule has 0 amide bonds. The minimum absolute atomic E-state index is 0.0230. The number of methoxy groups -OCH3 is 1. The molecule has 0 aliphatic carbocycles. The van der Waals surface area contributed by atoms with E-state index in [4.69, 9.17) is 0 Å². The Balaban J connectivity index is 2.71. The molecule has 0 atom stereocenters. The molecule has 1 aromatic heterocycles. The Labute approximate surface area is 102 Å². The van der Waals surface area contributed by atoms with Crippen molar-refractivity contribution in [1.82, 2.24) is 4.72 Å². The summed E-state index contributed by atoms with van der Waals surface area (Å²) >= 11 is 1.10. The number of aryl methyl sites for hydroxylation is 1. The minimum atomic E-state index is -3.82. The average molecular weight is 275 g/mol. The molecule has 0 unspecified atom stereocenters. The molecule has 0 aromatic carbocycles. The van der Waals surface area contributed by atoms with Crippen molar-refractivity contribution in [1.29, 1.82) is 0 Å². The van der Waals surface area contributed by atoms with Gasteiger partial charge in [-0.2, -0.15) is 0 Å². The van der Waals surface area contributed by atoms with Crippen molar-refractivity contribution in [3.05, 3.63) is 21.5 Å². The van der Waals surface area contributed by atoms with E-state index in [2.05, 4.69) is 4.74 Å². The number of rotatable bonds is 1. The first-order valence-corrected chi connectivity index (χ1v) is 6.82. The number of esters is 1. The van der Waals surface area contributed by atoms with Gasteiger partial charge in [-0.1, -0.05) is 0 Å². The molecule has 92 valence electrons. The molecule has 0 saturated heterocycles. The lowest BCUT2D eigenvalue weighted by Gasteiger charge is -2.16. The van der Waals surface area contributed by atoms with Crippen molar-refractivity contribution >= 4 is 33.1 Å². The predicted molar refractivity (Wildman–Crippen MR) is 60.9 cm³/mol. The highest BCUT2D eigenvalue weighted by Gasteiger charge is 2.34. The molecule has 2 heterocycles. The van der Waals surface area contributed by atoms with Crippen molar-refractivity contribution in [3.8, 4) is 0 Å². The molecule has 0 radical (unpaired) electrons. The number of thiophene rings is 1. The number of carbonyl (C=O) groups excluding carboxylic acids is 1. The first-order chi connectivity index (χ1) is 7.86. The Morgan fingerprint density at radius 2 is 2.18 bits per heavy atom. The van der Waals surface area contributed by atoms with E-state index in [9.17, 15) is 18.3 Å². The van der Waals surface area contributed by atoms with Gasteiger partial charge in [0.2, 0.25) is 0 Å². The molecule has 0 saturated carbocycles. The third-order valence-corrected chi connectivity index (χ3v) is 4.75. The van der Waals surface area contributed by atoms with Gasteiger partial charge in [-0.25, -0.2) is 13.2 Å². The van der Waals surface area contributed by atoms with Crippen LogP contribution in [0.4, 0.5) is 0 Å². The number of ether oxygens (including phenoxy) is 1. The van der Waals surface area contributed by atoms with Crippen LogP contribution in [0.2, 0.25) is 0 Å². The van der Waals surface area contributed by atoms with E-state index in [1.54, 1.807) is 6.92 Å². The highest BCUT2D eigenvalue weighted by Crippen LogP contribution is 2.35. The highest BCUT2D eigenvalue weighted by molar-refractivity contribution is 7.90. The fourth-order valence-electron chi connectivity index (χ4n) is 1.45. The van der Waals surface area contributed by atoms with E-state index in [-0.39, 0.29) is 9.77 Å². The summed E-state index contributed by atoms with van der Waals surface area (Å²) in [5.41, 5.74) is -0.457. The minimum Gasteiger partial charge on any atom is -0.504 e. The van der Waals surface area contributed by atoms with E-state index >= 15 is 0 Å². The number of aliphatic hydroxyl groups excluding tert-OH is 1. The van der Waals surface area contributed by atoms with Crippen molar-refractivity contribution < 1.29 is 23.1 Å². The summed E-state index contributed by atoms with van der Waals surface area (Å²) in [7, 11) is -2.71. The zero-order chi connectivity index (χ0) is 12.8. The summed E-state index contributed by atoms with van der Waals surface area (Å²) in [4.78, 5) is 12.2. The van der Waals surface area contributed by atoms with E-state index in [0.29, 0.717) is 0 Å². The molecule has 1 aliphatic heterocycles. The van der Waals surface area contributed by atoms with Gasteiger partial charge >= 0.3 is 5.97 Å². The van der Waals surface area contributed by atoms with Crippen molar-refractivity contribution in [2.75, 3.05) is 7.11 Å². The number of hydrogen-bond donors (Lipinski definition) is 2. The van der Waals surface area contributed by atoms with Crippen molar-refractivity contribution in [2.24, 2.45) is 0 Å². The average Bonchev–Trinajstić information content (AvgIpc) is 2.66. The summed E-state index contributed by atoms with van der Waals surface area (Å²) in [5.74, 6) is -1.33. The second-order valence-electron chi connectivity index (χ2n) is 3.37. The smallest absolute Gasteiger partial charge is 0.359 e. The molecule has 8 heteroatoms. The number of aliphatic hydroxyl groups is 1. The molecule has 0 fully saturated rings. The summed E-state index contributed by atoms with van der Waals surface area (Å²) in [6, 6.07) is 1.44. The Morgan fingerprint density at radius 3 is 2.76 bits per heavy atom. The number of nitrogens with one attached hydrogen (secondary N) is 1. The molecule has 0 bridgehead atoms. The molecule has 17 heavy (non-hydrogen) atoms. The summed E-state index contributed by atoms with van der Waals surface area (Å²) < 4.78 is 30.0. The standard InChI is InChI=1S/C9H9NO5S2/c1-4-3-5-8(16-4)7(11)6(9(12)15-2)10-17(5,13)14/h3,10-11H,1-2H3. The van der Waals surface area contributed by atoms with E-state index in [0.717, 1.165) is 23.3 Å². The van der Waals surface area contributed by atoms with Crippen LogP contribution < -0.4 is 4.72 Å². The van der Waals surface area contributed by atoms with Crippen LogP contribution in [0, 0.1) is 6.92 Å². The molecule has 6 nitrogen and oxygen atoms in total. The van der Waals surface area contributed by atoms with Gasteiger partial charge in [0, 0.05) is 4.88 Å². The summed E-state index contributed by atoms with van der Waals surface area (Å²) in [6.45, 7) is 1.71. The Morgan fingerprint density at radius 1 is 1.53 bits per heavy atom. The molecule has 2 N–H and O–H groups in total. The van der Waals surface area contributed by atoms with Gasteiger partial charge in [-0.15, -0.1) is 11.3 Å². The Hall–Kier alpha value is -1.54. The first-order valence-electron chi connectivity index (χ1n) is 4.52. The maximum absolute atomic E-state index is 11.8. The highest BCUT2D eigenvalue weighted by atomic mass is 32.2. The second kappa shape index (κ2) is 3.74. The van der Waals surface area contributed by atoms with Gasteiger partial charge in [0.05, 0.1) is 12.0 Å². The van der Waals surface area contributed by atoms with Gasteiger partial charge < -0.3 is 9.84 Å². The maximum Gasteiger partial charge on any atom is 0.359 e. The number of sulfonamides is 1. The van der Waals surface area contributed by atoms with Crippen LogP contribution in [0.1, 0.15) is 9.75 Å². The van der Waals surface area contributed by atoms with Crippen molar-refractivity contribution in [2.45, 2.75) is 11.8 Å². The quantitative estimate of drug-likeness (QED) is 0.738. The number of carbonyl (C=O) groups is 1. The van der Waals surface area contributed by atoms with Gasteiger partial charge in [-0.3, -0.25) is 4.72 Å². The first kappa shape index (κ1) is 11.9. The van der Waals surface area contributed by atoms with Crippen molar-refractivity contribution in [3.63, 3.8) is 0 Å². The van der Waals surface area contributed by atoms with Gasteiger partial charge in [-0.05, 0) is 13.0 Å². The SMILES string of the molecule is COC(=O)C1=C(O)c2sc(C)cc2S(=O)(=O)N1. The van der Waals surface area contributed by atoms with Crippen LogP contribution in [-0.2, 0) is 19.6 Å². The third-order valence-electron chi connectivity index (χ3n) is 2.19. The Bertz CT molecular complexity index is 626. The maximum atomic E-state index is 11.8. The predicted octanol–water partition coefficient (Wildman–Crippen LogP) is 0.748. The summed E-state index contributed by atoms with van der Waals surface area (Å²) in [5, 5.41) is 9.83. The van der Waals surface area contributed by atoms with Crippen LogP contribution in [0.3, 0.4) is 0 Å². The number of hydrogen-bond acceptors (Lipinski definition) is 6. The molecule has 1 aromatic rings. The van der Waals surface area contributed by atoms with Crippen LogP contribution in [0.15, 0.2) is 16.7 Å². The summed E-state index contributed by atoms with van der Waals surface area (Å²) in [6.07, 6.45) is 0. The van der Waals surface area contributed by atoms with E-state index in [1.165, 1.54) is 6.07 Å².